The minimum atomic E-state index is 0. The number of aryl methyl sites for hydroxylation is 1. The largest absolute Gasteiger partial charge is 0.361 e. The summed E-state index contributed by atoms with van der Waals surface area (Å²) < 4.78 is 5.04. The molecule has 0 aliphatic heterocycles. The maximum Gasteiger partial charge on any atom is 0.133 e. The van der Waals surface area contributed by atoms with Gasteiger partial charge in [-0.2, -0.15) is 0 Å². The average Bonchev–Trinajstić information content (AvgIpc) is 3.09. The Hall–Kier alpha value is -1.62. The normalized spacial score (nSPS) is 10.3. The molecule has 0 saturated heterocycles. The first-order chi connectivity index (χ1) is 9.81. The van der Waals surface area contributed by atoms with E-state index in [9.17, 15) is 0 Å². The Kier molecular flexibility index (Phi) is 5.56. The van der Waals surface area contributed by atoms with Gasteiger partial charge in [-0.15, -0.1) is 23.7 Å². The van der Waals surface area contributed by atoms with Crippen LogP contribution < -0.4 is 5.32 Å². The van der Waals surface area contributed by atoms with Crippen molar-refractivity contribution in [2.45, 2.75) is 20.0 Å². The minimum absolute atomic E-state index is 0. The van der Waals surface area contributed by atoms with Gasteiger partial charge >= 0.3 is 0 Å². The Morgan fingerprint density at radius 1 is 1.10 bits per heavy atom. The first-order valence-electron chi connectivity index (χ1n) is 6.58. The van der Waals surface area contributed by atoms with Crippen LogP contribution in [0.5, 0.6) is 0 Å². The zero-order chi connectivity index (χ0) is 13.8. The van der Waals surface area contributed by atoms with Crippen molar-refractivity contribution in [2.75, 3.05) is 0 Å². The molecule has 2 aromatic heterocycles. The van der Waals surface area contributed by atoms with Crippen LogP contribution in [0.1, 0.15) is 16.3 Å². The predicted octanol–water partition coefficient (Wildman–Crippen LogP) is 4.42. The number of hydrogen-bond donors (Lipinski definition) is 1. The summed E-state index contributed by atoms with van der Waals surface area (Å²) in [5.41, 5.74) is 2.22. The van der Waals surface area contributed by atoms with Crippen LogP contribution in [-0.2, 0) is 13.1 Å². The summed E-state index contributed by atoms with van der Waals surface area (Å²) in [6, 6.07) is 16.8. The highest BCUT2D eigenvalue weighted by Gasteiger charge is 2.03. The smallest absolute Gasteiger partial charge is 0.133 e. The highest BCUT2D eigenvalue weighted by atomic mass is 35.5. The van der Waals surface area contributed by atoms with E-state index < -0.39 is 0 Å². The van der Waals surface area contributed by atoms with Crippen molar-refractivity contribution in [3.05, 3.63) is 64.9 Å². The van der Waals surface area contributed by atoms with Gasteiger partial charge in [0.1, 0.15) is 5.76 Å². The first kappa shape index (κ1) is 15.8. The van der Waals surface area contributed by atoms with Crippen molar-refractivity contribution in [3.8, 4) is 10.4 Å². The molecule has 0 atom stereocenters. The zero-order valence-corrected chi connectivity index (χ0v) is 13.3. The molecule has 0 radical (unpaired) electrons. The monoisotopic (exact) mass is 320 g/mol. The van der Waals surface area contributed by atoms with Crippen LogP contribution in [0.3, 0.4) is 0 Å². The summed E-state index contributed by atoms with van der Waals surface area (Å²) in [5.74, 6) is 0.851. The van der Waals surface area contributed by atoms with Crippen LogP contribution in [0.15, 0.2) is 53.1 Å². The van der Waals surface area contributed by atoms with Gasteiger partial charge in [-0.1, -0.05) is 35.5 Å². The van der Waals surface area contributed by atoms with Crippen molar-refractivity contribution < 1.29 is 4.52 Å². The van der Waals surface area contributed by atoms with Crippen molar-refractivity contribution in [2.24, 2.45) is 0 Å². The van der Waals surface area contributed by atoms with Crippen molar-refractivity contribution in [3.63, 3.8) is 0 Å². The third kappa shape index (κ3) is 4.17. The van der Waals surface area contributed by atoms with Crippen molar-refractivity contribution in [1.82, 2.24) is 10.5 Å². The van der Waals surface area contributed by atoms with Crippen molar-refractivity contribution >= 4 is 23.7 Å². The van der Waals surface area contributed by atoms with E-state index >= 15 is 0 Å². The molecule has 0 saturated carbocycles. The summed E-state index contributed by atoms with van der Waals surface area (Å²) >= 11 is 1.82. The van der Waals surface area contributed by atoms with E-state index in [-0.39, 0.29) is 12.4 Å². The van der Waals surface area contributed by atoms with Gasteiger partial charge in [0, 0.05) is 28.9 Å². The van der Waals surface area contributed by atoms with E-state index in [1.54, 1.807) is 0 Å². The lowest BCUT2D eigenvalue weighted by Crippen LogP contribution is -2.11. The fourth-order valence-electron chi connectivity index (χ4n) is 2.05. The van der Waals surface area contributed by atoms with Crippen LogP contribution in [0.25, 0.3) is 10.4 Å². The number of benzene rings is 1. The third-order valence-corrected chi connectivity index (χ3v) is 4.14. The van der Waals surface area contributed by atoms with E-state index in [4.69, 9.17) is 4.52 Å². The molecular weight excluding hydrogens is 304 g/mol. The maximum absolute atomic E-state index is 5.04. The SMILES string of the molecule is Cc1cc(CNCc2ccc(-c3ccccc3)s2)no1.Cl. The molecule has 0 unspecified atom stereocenters. The van der Waals surface area contributed by atoms with Crippen LogP contribution in [0, 0.1) is 6.92 Å². The maximum atomic E-state index is 5.04. The second kappa shape index (κ2) is 7.41. The summed E-state index contributed by atoms with van der Waals surface area (Å²) in [4.78, 5) is 2.63. The van der Waals surface area contributed by atoms with Crippen LogP contribution >= 0.6 is 23.7 Å². The molecule has 3 rings (SSSR count). The highest BCUT2D eigenvalue weighted by Crippen LogP contribution is 2.27. The lowest BCUT2D eigenvalue weighted by molar-refractivity contribution is 0.388. The number of thiophene rings is 1. The molecule has 1 N–H and O–H groups in total. The van der Waals surface area contributed by atoms with E-state index in [1.807, 2.05) is 30.4 Å². The number of halogens is 1. The summed E-state index contributed by atoms with van der Waals surface area (Å²) in [6.45, 7) is 3.49. The number of nitrogens with one attached hydrogen (secondary N) is 1. The number of rotatable bonds is 5. The van der Waals surface area contributed by atoms with E-state index in [1.165, 1.54) is 15.3 Å². The molecule has 3 aromatic rings. The van der Waals surface area contributed by atoms with Gasteiger partial charge in [0.05, 0.1) is 5.69 Å². The predicted molar refractivity (Wildman–Crippen MR) is 88.8 cm³/mol. The lowest BCUT2D eigenvalue weighted by atomic mass is 10.2. The molecule has 1 aromatic carbocycles. The fraction of sp³-hybridized carbons (Fsp3) is 0.188. The second-order valence-corrected chi connectivity index (χ2v) is 5.83. The molecular formula is C16H17ClN2OS. The Bertz CT molecular complexity index is 678. The molecule has 0 aliphatic rings. The van der Waals surface area contributed by atoms with E-state index in [2.05, 4.69) is 46.9 Å². The highest BCUT2D eigenvalue weighted by molar-refractivity contribution is 7.15. The summed E-state index contributed by atoms with van der Waals surface area (Å²) in [7, 11) is 0. The summed E-state index contributed by atoms with van der Waals surface area (Å²) in [5, 5.41) is 7.35. The van der Waals surface area contributed by atoms with Crippen LogP contribution in [-0.4, -0.2) is 5.16 Å². The third-order valence-electron chi connectivity index (χ3n) is 3.00. The lowest BCUT2D eigenvalue weighted by Gasteiger charge is -1.99. The van der Waals surface area contributed by atoms with Gasteiger partial charge in [0.15, 0.2) is 0 Å². The van der Waals surface area contributed by atoms with Crippen LogP contribution in [0.2, 0.25) is 0 Å². The first-order valence-corrected chi connectivity index (χ1v) is 7.40. The molecule has 0 fully saturated rings. The van der Waals surface area contributed by atoms with Gasteiger partial charge in [-0.05, 0) is 24.6 Å². The fourth-order valence-corrected chi connectivity index (χ4v) is 3.03. The Balaban J connectivity index is 0.00000161. The zero-order valence-electron chi connectivity index (χ0n) is 11.7. The standard InChI is InChI=1S/C16H16N2OS.ClH/c1-12-9-14(18-19-12)10-17-11-15-7-8-16(20-15)13-5-3-2-4-6-13;/h2-9,17H,10-11H2,1H3;1H. The van der Waals surface area contributed by atoms with Gasteiger partial charge in [-0.25, -0.2) is 0 Å². The number of aromatic nitrogens is 1. The Morgan fingerprint density at radius 2 is 1.90 bits per heavy atom. The molecule has 0 amide bonds. The van der Waals surface area contributed by atoms with Gasteiger partial charge < -0.3 is 9.84 Å². The topological polar surface area (TPSA) is 38.1 Å². The second-order valence-electron chi connectivity index (χ2n) is 4.66. The summed E-state index contributed by atoms with van der Waals surface area (Å²) in [6.07, 6.45) is 0. The molecule has 5 heteroatoms. The Labute approximate surface area is 134 Å². The van der Waals surface area contributed by atoms with E-state index in [0.717, 1.165) is 24.5 Å². The van der Waals surface area contributed by atoms with Gasteiger partial charge in [0.25, 0.3) is 0 Å². The van der Waals surface area contributed by atoms with Gasteiger partial charge in [-0.3, -0.25) is 0 Å². The molecule has 0 bridgehead atoms. The number of nitrogens with zero attached hydrogens (tertiary/aromatic N) is 1. The molecule has 2 heterocycles. The quantitative estimate of drug-likeness (QED) is 0.756. The Morgan fingerprint density at radius 3 is 2.62 bits per heavy atom. The molecule has 21 heavy (non-hydrogen) atoms. The van der Waals surface area contributed by atoms with Gasteiger partial charge in [0.2, 0.25) is 0 Å². The molecule has 110 valence electrons. The molecule has 0 spiro atoms. The van der Waals surface area contributed by atoms with E-state index in [0.29, 0.717) is 0 Å². The molecule has 3 nitrogen and oxygen atoms in total. The molecule has 0 aliphatic carbocycles. The minimum Gasteiger partial charge on any atom is -0.361 e. The van der Waals surface area contributed by atoms with Crippen molar-refractivity contribution in [1.29, 1.82) is 0 Å². The van der Waals surface area contributed by atoms with Crippen LogP contribution in [0.4, 0.5) is 0 Å². The average molecular weight is 321 g/mol. The number of hydrogen-bond acceptors (Lipinski definition) is 4.